The van der Waals surface area contributed by atoms with E-state index in [-0.39, 0.29) is 11.0 Å². The molecule has 1 nitrogen and oxygen atoms in total. The Hall–Kier alpha value is -3.32. The maximum Gasteiger partial charge on any atom is 0.0457 e. The summed E-state index contributed by atoms with van der Waals surface area (Å²) in [7, 11) is 0. The molecular formula is C37H43N. The van der Waals surface area contributed by atoms with Crippen LogP contribution in [-0.2, 0) is 5.41 Å². The van der Waals surface area contributed by atoms with Gasteiger partial charge in [0.15, 0.2) is 0 Å². The first-order chi connectivity index (χ1) is 17.9. The summed E-state index contributed by atoms with van der Waals surface area (Å²) in [6.45, 7) is 21.1. The van der Waals surface area contributed by atoms with E-state index in [0.29, 0.717) is 11.8 Å². The van der Waals surface area contributed by atoms with Crippen LogP contribution in [0.3, 0.4) is 0 Å². The first kappa shape index (κ1) is 26.3. The van der Waals surface area contributed by atoms with Crippen LogP contribution in [0.25, 0.3) is 22.3 Å². The van der Waals surface area contributed by atoms with Gasteiger partial charge in [0.1, 0.15) is 0 Å². The molecular weight excluding hydrogens is 458 g/mol. The van der Waals surface area contributed by atoms with Gasteiger partial charge in [0.25, 0.3) is 0 Å². The molecule has 1 heteroatoms. The van der Waals surface area contributed by atoms with Gasteiger partial charge in [-0.25, -0.2) is 0 Å². The maximum absolute atomic E-state index is 2.62. The lowest BCUT2D eigenvalue weighted by molar-refractivity contribution is 0.555. The normalized spacial score (nSPS) is 14.1. The summed E-state index contributed by atoms with van der Waals surface area (Å²) in [5.74, 6) is 0.794. The minimum absolute atomic E-state index is 0.00300. The lowest BCUT2D eigenvalue weighted by atomic mass is 9.81. The topological polar surface area (TPSA) is 3.24 Å². The van der Waals surface area contributed by atoms with Crippen molar-refractivity contribution in [3.05, 3.63) is 107 Å². The van der Waals surface area contributed by atoms with E-state index in [4.69, 9.17) is 0 Å². The Labute approximate surface area is 230 Å². The van der Waals surface area contributed by atoms with Crippen LogP contribution in [0, 0.1) is 0 Å². The third-order valence-electron chi connectivity index (χ3n) is 8.26. The molecule has 0 N–H and O–H groups in total. The number of rotatable bonds is 5. The monoisotopic (exact) mass is 501 g/mol. The third kappa shape index (κ3) is 4.27. The molecule has 0 saturated carbocycles. The predicted octanol–water partition coefficient (Wildman–Crippen LogP) is 10.8. The van der Waals surface area contributed by atoms with Crippen LogP contribution in [0.4, 0.5) is 11.4 Å². The molecule has 0 unspecified atom stereocenters. The molecule has 0 radical (unpaired) electrons. The molecule has 0 amide bonds. The highest BCUT2D eigenvalue weighted by Crippen LogP contribution is 2.54. The Morgan fingerprint density at radius 3 is 1.92 bits per heavy atom. The van der Waals surface area contributed by atoms with Crippen molar-refractivity contribution in [2.24, 2.45) is 0 Å². The highest BCUT2D eigenvalue weighted by atomic mass is 15.2. The number of anilines is 2. The van der Waals surface area contributed by atoms with Crippen LogP contribution in [0.1, 0.15) is 96.4 Å². The van der Waals surface area contributed by atoms with Crippen molar-refractivity contribution in [1.82, 2.24) is 0 Å². The average Bonchev–Trinajstić information content (AvgIpc) is 3.10. The summed E-state index contributed by atoms with van der Waals surface area (Å²) >= 11 is 0. The molecule has 4 aromatic carbocycles. The molecule has 0 bridgehead atoms. The zero-order chi connectivity index (χ0) is 27.4. The number of benzene rings is 4. The van der Waals surface area contributed by atoms with Gasteiger partial charge in [0.2, 0.25) is 0 Å². The van der Waals surface area contributed by atoms with Crippen molar-refractivity contribution in [2.75, 3.05) is 4.90 Å². The van der Waals surface area contributed by atoms with Crippen LogP contribution in [0.15, 0.2) is 84.9 Å². The maximum atomic E-state index is 2.62. The van der Waals surface area contributed by atoms with E-state index < -0.39 is 0 Å². The zero-order valence-electron chi connectivity index (χ0n) is 24.7. The summed E-state index contributed by atoms with van der Waals surface area (Å²) in [4.78, 5) is 2.62. The smallest absolute Gasteiger partial charge is 0.0457 e. The van der Waals surface area contributed by atoms with Crippen LogP contribution >= 0.6 is 0 Å². The Morgan fingerprint density at radius 1 is 0.632 bits per heavy atom. The molecule has 0 spiro atoms. The van der Waals surface area contributed by atoms with E-state index in [1.54, 1.807) is 0 Å². The van der Waals surface area contributed by atoms with Gasteiger partial charge >= 0.3 is 0 Å². The molecule has 0 fully saturated rings. The Kier molecular flexibility index (Phi) is 6.54. The molecule has 1 aliphatic carbocycles. The minimum atomic E-state index is -0.121. The second-order valence-corrected chi connectivity index (χ2v) is 13.0. The van der Waals surface area contributed by atoms with Crippen molar-refractivity contribution in [3.63, 3.8) is 0 Å². The van der Waals surface area contributed by atoms with Crippen LogP contribution in [0.2, 0.25) is 0 Å². The van der Waals surface area contributed by atoms with Crippen molar-refractivity contribution in [1.29, 1.82) is 0 Å². The van der Waals surface area contributed by atoms with E-state index >= 15 is 0 Å². The van der Waals surface area contributed by atoms with Gasteiger partial charge in [-0.15, -0.1) is 0 Å². The number of nitrogens with zero attached hydrogens (tertiary/aromatic N) is 1. The molecule has 196 valence electrons. The fourth-order valence-electron chi connectivity index (χ4n) is 6.48. The molecule has 0 aromatic heterocycles. The Bertz CT molecular complexity index is 1460. The van der Waals surface area contributed by atoms with E-state index in [1.807, 2.05) is 0 Å². The molecule has 0 heterocycles. The van der Waals surface area contributed by atoms with Gasteiger partial charge < -0.3 is 4.90 Å². The van der Waals surface area contributed by atoms with E-state index in [0.717, 1.165) is 0 Å². The quantitative estimate of drug-likeness (QED) is 0.263. The highest BCUT2D eigenvalue weighted by Gasteiger charge is 2.39. The predicted molar refractivity (Wildman–Crippen MR) is 166 cm³/mol. The van der Waals surface area contributed by atoms with Gasteiger partial charge in [-0.1, -0.05) is 114 Å². The van der Waals surface area contributed by atoms with Crippen LogP contribution < -0.4 is 4.90 Å². The standard InChI is InChI=1S/C37H43N/c1-24(2)28-20-19-27(26-15-11-10-12-16-26)23-33(28)38(36(5,6)7)32-22-21-31-35(34(32)25(3)4)29-17-13-14-18-30(29)37(31,8)9/h10-25H,1-9H3. The molecule has 0 aliphatic heterocycles. The van der Waals surface area contributed by atoms with Crippen LogP contribution in [-0.4, -0.2) is 5.54 Å². The number of hydrogen-bond acceptors (Lipinski definition) is 1. The third-order valence-corrected chi connectivity index (χ3v) is 8.26. The number of fused-ring (bicyclic) bond motifs is 3. The van der Waals surface area contributed by atoms with Crippen molar-refractivity contribution >= 4 is 11.4 Å². The summed E-state index contributed by atoms with van der Waals surface area (Å²) in [5, 5.41) is 0. The molecule has 4 aromatic rings. The SMILES string of the molecule is CC(C)c1ccc(-c2ccccc2)cc1N(c1ccc2c(c1C(C)C)-c1ccccc1C2(C)C)C(C)(C)C. The molecule has 0 saturated heterocycles. The van der Waals surface area contributed by atoms with Crippen LogP contribution in [0.5, 0.6) is 0 Å². The van der Waals surface area contributed by atoms with E-state index in [1.165, 1.54) is 55.9 Å². The minimum Gasteiger partial charge on any atom is -0.336 e. The molecule has 5 rings (SSSR count). The fourth-order valence-corrected chi connectivity index (χ4v) is 6.48. The van der Waals surface area contributed by atoms with Crippen molar-refractivity contribution in [3.8, 4) is 22.3 Å². The lowest BCUT2D eigenvalue weighted by Crippen LogP contribution is -2.39. The Morgan fingerprint density at radius 2 is 1.29 bits per heavy atom. The van der Waals surface area contributed by atoms with Gasteiger partial charge in [0.05, 0.1) is 0 Å². The largest absolute Gasteiger partial charge is 0.336 e. The van der Waals surface area contributed by atoms with Crippen molar-refractivity contribution < 1.29 is 0 Å². The van der Waals surface area contributed by atoms with Gasteiger partial charge in [0, 0.05) is 22.3 Å². The molecule has 1 aliphatic rings. The second kappa shape index (κ2) is 9.45. The fraction of sp³-hybridized carbons (Fsp3) is 0.351. The van der Waals surface area contributed by atoms with E-state index in [9.17, 15) is 0 Å². The first-order valence-corrected chi connectivity index (χ1v) is 14.2. The van der Waals surface area contributed by atoms with Gasteiger partial charge in [-0.3, -0.25) is 0 Å². The molecule has 38 heavy (non-hydrogen) atoms. The van der Waals surface area contributed by atoms with Gasteiger partial charge in [-0.2, -0.15) is 0 Å². The summed E-state index contributed by atoms with van der Waals surface area (Å²) in [6.07, 6.45) is 0. The highest BCUT2D eigenvalue weighted by molar-refractivity contribution is 5.89. The molecule has 0 atom stereocenters. The van der Waals surface area contributed by atoms with Crippen molar-refractivity contribution in [2.45, 2.75) is 85.1 Å². The summed E-state index contributed by atoms with van der Waals surface area (Å²) in [6, 6.07) is 31.7. The summed E-state index contributed by atoms with van der Waals surface area (Å²) in [5.41, 5.74) is 13.6. The second-order valence-electron chi connectivity index (χ2n) is 13.0. The van der Waals surface area contributed by atoms with E-state index in [2.05, 4.69) is 152 Å². The summed E-state index contributed by atoms with van der Waals surface area (Å²) < 4.78 is 0. The Balaban J connectivity index is 1.83. The number of hydrogen-bond donors (Lipinski definition) is 0. The average molecular weight is 502 g/mol. The lowest BCUT2D eigenvalue weighted by Gasteiger charge is -2.42. The first-order valence-electron chi connectivity index (χ1n) is 14.2. The zero-order valence-corrected chi connectivity index (χ0v) is 24.7. The van der Waals surface area contributed by atoms with Gasteiger partial charge in [-0.05, 0) is 89.2 Å².